The minimum atomic E-state index is 0.0854. The van der Waals surface area contributed by atoms with E-state index in [1.165, 1.54) is 5.56 Å². The number of nitrogens with zero attached hydrogens (tertiary/aromatic N) is 2. The Kier molecular flexibility index (Phi) is 5.44. The minimum Gasteiger partial charge on any atom is -0.497 e. The molecule has 0 aliphatic heterocycles. The molecule has 0 fully saturated rings. The third kappa shape index (κ3) is 3.80. The van der Waals surface area contributed by atoms with E-state index in [1.807, 2.05) is 23.7 Å². The minimum absolute atomic E-state index is 0.0854. The van der Waals surface area contributed by atoms with E-state index >= 15 is 0 Å². The van der Waals surface area contributed by atoms with Gasteiger partial charge in [0.1, 0.15) is 11.6 Å². The lowest BCUT2D eigenvalue weighted by Crippen LogP contribution is -2.21. The summed E-state index contributed by atoms with van der Waals surface area (Å²) in [6, 6.07) is 8.39. The van der Waals surface area contributed by atoms with Crippen LogP contribution in [0, 0.1) is 13.8 Å². The maximum Gasteiger partial charge on any atom is 0.127 e. The van der Waals surface area contributed by atoms with Crippen LogP contribution in [-0.4, -0.2) is 34.6 Å². The van der Waals surface area contributed by atoms with Gasteiger partial charge in [-0.3, -0.25) is 0 Å². The number of hydrogen-bond acceptors (Lipinski definition) is 4. The Balaban J connectivity index is 2.06. The number of aliphatic hydroxyl groups is 1. The van der Waals surface area contributed by atoms with Crippen LogP contribution in [0.2, 0.25) is 0 Å². The molecule has 0 aliphatic rings. The highest BCUT2D eigenvalue weighted by Crippen LogP contribution is 2.20. The molecule has 1 unspecified atom stereocenters. The lowest BCUT2D eigenvalue weighted by atomic mass is 10.1. The molecule has 0 amide bonds. The van der Waals surface area contributed by atoms with Crippen molar-refractivity contribution in [2.75, 3.05) is 19.0 Å². The van der Waals surface area contributed by atoms with Gasteiger partial charge in [0.15, 0.2) is 0 Å². The average molecular weight is 303 g/mol. The van der Waals surface area contributed by atoms with Crippen LogP contribution >= 0.6 is 0 Å². The van der Waals surface area contributed by atoms with Crippen molar-refractivity contribution in [2.45, 2.75) is 39.8 Å². The molecule has 0 saturated carbocycles. The Morgan fingerprint density at radius 1 is 1.27 bits per heavy atom. The van der Waals surface area contributed by atoms with Gasteiger partial charge in [-0.15, -0.1) is 0 Å². The molecule has 1 heterocycles. The topological polar surface area (TPSA) is 59.3 Å². The van der Waals surface area contributed by atoms with E-state index in [-0.39, 0.29) is 12.6 Å². The van der Waals surface area contributed by atoms with Crippen molar-refractivity contribution in [2.24, 2.45) is 0 Å². The molecule has 5 heteroatoms. The fourth-order valence-corrected chi connectivity index (χ4v) is 2.51. The lowest BCUT2D eigenvalue weighted by molar-refractivity contribution is 0.270. The summed E-state index contributed by atoms with van der Waals surface area (Å²) in [5.74, 6) is 1.87. The number of hydrogen-bond donors (Lipinski definition) is 2. The number of benzene rings is 1. The highest BCUT2D eigenvalue weighted by Gasteiger charge is 2.13. The van der Waals surface area contributed by atoms with E-state index < -0.39 is 0 Å². The van der Waals surface area contributed by atoms with Crippen molar-refractivity contribution in [1.29, 1.82) is 0 Å². The van der Waals surface area contributed by atoms with Crippen LogP contribution in [0.5, 0.6) is 5.75 Å². The smallest absolute Gasteiger partial charge is 0.127 e. The molecular weight excluding hydrogens is 278 g/mol. The highest BCUT2D eigenvalue weighted by atomic mass is 16.5. The Hall–Kier alpha value is -2.01. The second-order valence-corrected chi connectivity index (χ2v) is 5.60. The molecule has 1 aromatic carbocycles. The van der Waals surface area contributed by atoms with Gasteiger partial charge in [-0.05, 0) is 44.9 Å². The molecule has 2 aromatic rings. The van der Waals surface area contributed by atoms with Gasteiger partial charge in [0.2, 0.25) is 0 Å². The average Bonchev–Trinajstić information content (AvgIpc) is 2.76. The Labute approximate surface area is 131 Å². The molecule has 0 radical (unpaired) electrons. The molecule has 5 nitrogen and oxygen atoms in total. The second-order valence-electron chi connectivity index (χ2n) is 5.60. The lowest BCUT2D eigenvalue weighted by Gasteiger charge is -2.17. The number of ether oxygens (including phenoxy) is 1. The van der Waals surface area contributed by atoms with E-state index in [4.69, 9.17) is 9.84 Å². The summed E-state index contributed by atoms with van der Waals surface area (Å²) in [5, 5.41) is 17.1. The van der Waals surface area contributed by atoms with Crippen molar-refractivity contribution in [3.05, 3.63) is 41.1 Å². The second kappa shape index (κ2) is 7.31. The van der Waals surface area contributed by atoms with Crippen molar-refractivity contribution in [3.63, 3.8) is 0 Å². The summed E-state index contributed by atoms with van der Waals surface area (Å²) >= 11 is 0. The Morgan fingerprint density at radius 2 is 1.95 bits per heavy atom. The van der Waals surface area contributed by atoms with Crippen LogP contribution in [0.4, 0.5) is 5.82 Å². The monoisotopic (exact) mass is 303 g/mol. The number of anilines is 1. The molecule has 2 N–H and O–H groups in total. The van der Waals surface area contributed by atoms with Crippen molar-refractivity contribution in [1.82, 2.24) is 9.78 Å². The maximum atomic E-state index is 9.16. The summed E-state index contributed by atoms with van der Waals surface area (Å²) in [5.41, 5.74) is 3.38. The fourth-order valence-electron chi connectivity index (χ4n) is 2.51. The predicted molar refractivity (Wildman–Crippen MR) is 88.6 cm³/mol. The third-order valence-electron chi connectivity index (χ3n) is 3.82. The molecular formula is C17H25N3O2. The van der Waals surface area contributed by atoms with Gasteiger partial charge in [0.05, 0.1) is 26.0 Å². The Bertz CT molecular complexity index is 605. The summed E-state index contributed by atoms with van der Waals surface area (Å²) in [4.78, 5) is 0. The summed E-state index contributed by atoms with van der Waals surface area (Å²) < 4.78 is 7.02. The van der Waals surface area contributed by atoms with Crippen LogP contribution in [0.1, 0.15) is 23.7 Å². The van der Waals surface area contributed by atoms with Crippen LogP contribution < -0.4 is 10.1 Å². The van der Waals surface area contributed by atoms with E-state index in [2.05, 4.69) is 36.4 Å². The van der Waals surface area contributed by atoms with Crippen LogP contribution in [-0.2, 0) is 13.0 Å². The summed E-state index contributed by atoms with van der Waals surface area (Å²) in [6.07, 6.45) is 0.910. The van der Waals surface area contributed by atoms with Gasteiger partial charge in [-0.25, -0.2) is 4.68 Å². The molecule has 1 aromatic heterocycles. The first kappa shape index (κ1) is 16.4. The molecule has 120 valence electrons. The molecule has 0 bridgehead atoms. The maximum absolute atomic E-state index is 9.16. The van der Waals surface area contributed by atoms with Gasteiger partial charge in [-0.2, -0.15) is 5.10 Å². The van der Waals surface area contributed by atoms with E-state index in [1.54, 1.807) is 7.11 Å². The number of methoxy groups -OCH3 is 1. The highest BCUT2D eigenvalue weighted by molar-refractivity contribution is 5.47. The Morgan fingerprint density at radius 3 is 2.55 bits per heavy atom. The van der Waals surface area contributed by atoms with Crippen LogP contribution in [0.25, 0.3) is 0 Å². The fraction of sp³-hybridized carbons (Fsp3) is 0.471. The molecule has 0 saturated heterocycles. The molecule has 1 atom stereocenters. The first-order valence-corrected chi connectivity index (χ1v) is 7.59. The molecule has 0 spiro atoms. The SMILES string of the molecule is COc1ccc(CC(C)Nc2c(C)c(C)nn2CCO)cc1. The number of rotatable bonds is 7. The molecule has 2 rings (SSSR count). The normalized spacial score (nSPS) is 12.2. The largest absolute Gasteiger partial charge is 0.497 e. The molecule has 22 heavy (non-hydrogen) atoms. The number of nitrogens with one attached hydrogen (secondary N) is 1. The molecule has 0 aliphatic carbocycles. The van der Waals surface area contributed by atoms with Gasteiger partial charge >= 0.3 is 0 Å². The number of aromatic nitrogens is 2. The summed E-state index contributed by atoms with van der Waals surface area (Å²) in [6.45, 7) is 6.78. The van der Waals surface area contributed by atoms with Gasteiger partial charge in [0, 0.05) is 11.6 Å². The van der Waals surface area contributed by atoms with E-state index in [0.717, 1.165) is 29.2 Å². The standard InChI is InChI=1S/C17H25N3O2/c1-12(11-15-5-7-16(22-4)8-6-15)18-17-13(2)14(3)19-20(17)9-10-21/h5-8,12,18,21H,9-11H2,1-4H3. The third-order valence-corrected chi connectivity index (χ3v) is 3.82. The van der Waals surface area contributed by atoms with E-state index in [0.29, 0.717) is 6.54 Å². The van der Waals surface area contributed by atoms with Crippen LogP contribution in [0.3, 0.4) is 0 Å². The van der Waals surface area contributed by atoms with Crippen molar-refractivity contribution >= 4 is 5.82 Å². The zero-order valence-electron chi connectivity index (χ0n) is 13.8. The van der Waals surface area contributed by atoms with Crippen molar-refractivity contribution < 1.29 is 9.84 Å². The van der Waals surface area contributed by atoms with Crippen molar-refractivity contribution in [3.8, 4) is 5.75 Å². The van der Waals surface area contributed by atoms with Gasteiger partial charge in [0.25, 0.3) is 0 Å². The number of aryl methyl sites for hydroxylation is 1. The zero-order chi connectivity index (χ0) is 16.1. The van der Waals surface area contributed by atoms with E-state index in [9.17, 15) is 0 Å². The van der Waals surface area contributed by atoms with Gasteiger partial charge < -0.3 is 15.2 Å². The zero-order valence-corrected chi connectivity index (χ0v) is 13.8. The quantitative estimate of drug-likeness (QED) is 0.825. The summed E-state index contributed by atoms with van der Waals surface area (Å²) in [7, 11) is 1.67. The van der Waals surface area contributed by atoms with Gasteiger partial charge in [-0.1, -0.05) is 12.1 Å². The van der Waals surface area contributed by atoms with Crippen LogP contribution in [0.15, 0.2) is 24.3 Å². The first-order valence-electron chi connectivity index (χ1n) is 7.59. The predicted octanol–water partition coefficient (Wildman–Crippen LogP) is 2.54. The number of aliphatic hydroxyl groups excluding tert-OH is 1. The first-order chi connectivity index (χ1) is 10.5.